The molecule has 1 N–H and O–H groups in total. The van der Waals surface area contributed by atoms with Crippen LogP contribution in [0.3, 0.4) is 0 Å². The van der Waals surface area contributed by atoms with Crippen molar-refractivity contribution in [1.29, 1.82) is 0 Å². The van der Waals surface area contributed by atoms with Gasteiger partial charge in [0.2, 0.25) is 11.8 Å². The summed E-state index contributed by atoms with van der Waals surface area (Å²) in [6.45, 7) is 9.84. The fourth-order valence-electron chi connectivity index (χ4n) is 2.40. The molecule has 1 saturated heterocycles. The lowest BCUT2D eigenvalue weighted by Gasteiger charge is -2.48. The Bertz CT molecular complexity index is 580. The smallest absolute Gasteiger partial charge is 0.250 e. The molecular weight excluding hydrogens is 252 g/mol. The van der Waals surface area contributed by atoms with Crippen molar-refractivity contribution in [3.63, 3.8) is 0 Å². The highest BCUT2D eigenvalue weighted by Gasteiger charge is 2.48. The molecule has 0 aromatic heterocycles. The van der Waals surface area contributed by atoms with Crippen molar-refractivity contribution >= 4 is 17.5 Å². The highest BCUT2D eigenvalue weighted by atomic mass is 16.2. The molecule has 1 unspecified atom stereocenters. The number of anilines is 1. The lowest BCUT2D eigenvalue weighted by molar-refractivity contribution is -0.150. The number of nitrogens with zero attached hydrogens (tertiary/aromatic N) is 1. The first-order valence-corrected chi connectivity index (χ1v) is 6.72. The van der Waals surface area contributed by atoms with Gasteiger partial charge in [0.25, 0.3) is 0 Å². The van der Waals surface area contributed by atoms with Crippen LogP contribution in [0.1, 0.15) is 24.5 Å². The molecular formula is C16H20N2O2. The van der Waals surface area contributed by atoms with E-state index in [0.717, 1.165) is 16.8 Å². The number of hydrogen-bond acceptors (Lipinski definition) is 2. The number of carbonyl (C=O) groups is 2. The van der Waals surface area contributed by atoms with Crippen LogP contribution in [0.25, 0.3) is 0 Å². The highest BCUT2D eigenvalue weighted by molar-refractivity contribution is 6.03. The zero-order valence-electron chi connectivity index (χ0n) is 12.2. The van der Waals surface area contributed by atoms with Crippen molar-refractivity contribution in [3.8, 4) is 0 Å². The number of benzene rings is 1. The Hall–Kier alpha value is -2.10. The molecule has 1 aromatic carbocycles. The first-order valence-electron chi connectivity index (χ1n) is 6.72. The number of carbonyl (C=O) groups excluding carboxylic acids is 2. The number of aryl methyl sites for hydroxylation is 1. The molecule has 0 radical (unpaired) electrons. The largest absolute Gasteiger partial charge is 0.325 e. The second-order valence-corrected chi connectivity index (χ2v) is 5.42. The molecule has 1 atom stereocenters. The predicted octanol–water partition coefficient (Wildman–Crippen LogP) is 2.42. The van der Waals surface area contributed by atoms with E-state index in [2.05, 4.69) is 11.9 Å². The standard InChI is InChI=1S/C16H20N2O2/c1-5-14(19)18-10-9-16(18,4)15(20)17-13-8-6-7-11(2)12(13)3/h5-8H,1,9-10H2,2-4H3,(H,17,20). The second kappa shape index (κ2) is 5.12. The molecule has 4 nitrogen and oxygen atoms in total. The van der Waals surface area contributed by atoms with Crippen molar-refractivity contribution < 1.29 is 9.59 Å². The van der Waals surface area contributed by atoms with Gasteiger partial charge in [-0.2, -0.15) is 0 Å². The molecule has 0 saturated carbocycles. The topological polar surface area (TPSA) is 49.4 Å². The molecule has 106 valence electrons. The Kier molecular flexibility index (Phi) is 3.66. The summed E-state index contributed by atoms with van der Waals surface area (Å²) in [5.74, 6) is -0.345. The van der Waals surface area contributed by atoms with Gasteiger partial charge in [-0.05, 0) is 50.5 Å². The van der Waals surface area contributed by atoms with Crippen molar-refractivity contribution in [1.82, 2.24) is 4.90 Å². The van der Waals surface area contributed by atoms with Gasteiger partial charge in [-0.1, -0.05) is 18.7 Å². The minimum atomic E-state index is -0.776. The molecule has 0 bridgehead atoms. The third-order valence-corrected chi connectivity index (χ3v) is 4.20. The minimum Gasteiger partial charge on any atom is -0.325 e. The maximum absolute atomic E-state index is 12.5. The van der Waals surface area contributed by atoms with Crippen LogP contribution in [0.5, 0.6) is 0 Å². The summed E-state index contributed by atoms with van der Waals surface area (Å²) in [6.07, 6.45) is 1.92. The Morgan fingerprint density at radius 1 is 1.40 bits per heavy atom. The predicted molar refractivity (Wildman–Crippen MR) is 79.5 cm³/mol. The normalized spacial score (nSPS) is 21.1. The fraction of sp³-hybridized carbons (Fsp3) is 0.375. The number of rotatable bonds is 3. The summed E-state index contributed by atoms with van der Waals surface area (Å²) in [5.41, 5.74) is 2.20. The third kappa shape index (κ3) is 2.22. The van der Waals surface area contributed by atoms with Gasteiger partial charge in [0, 0.05) is 12.2 Å². The van der Waals surface area contributed by atoms with Gasteiger partial charge in [0.15, 0.2) is 0 Å². The van der Waals surface area contributed by atoms with Crippen molar-refractivity contribution in [3.05, 3.63) is 42.0 Å². The van der Waals surface area contributed by atoms with Crippen LogP contribution in [0, 0.1) is 13.8 Å². The van der Waals surface area contributed by atoms with E-state index in [9.17, 15) is 9.59 Å². The lowest BCUT2D eigenvalue weighted by atomic mass is 9.85. The maximum Gasteiger partial charge on any atom is 0.250 e. The average molecular weight is 272 g/mol. The monoisotopic (exact) mass is 272 g/mol. The van der Waals surface area contributed by atoms with Crippen LogP contribution in [0.2, 0.25) is 0 Å². The first-order chi connectivity index (χ1) is 9.40. The summed E-state index contributed by atoms with van der Waals surface area (Å²) in [5, 5.41) is 2.94. The number of likely N-dealkylation sites (tertiary alicyclic amines) is 1. The van der Waals surface area contributed by atoms with Gasteiger partial charge < -0.3 is 10.2 Å². The number of hydrogen-bond donors (Lipinski definition) is 1. The molecule has 1 aromatic rings. The van der Waals surface area contributed by atoms with E-state index >= 15 is 0 Å². The zero-order valence-corrected chi connectivity index (χ0v) is 12.2. The van der Waals surface area contributed by atoms with Crippen LogP contribution in [0.4, 0.5) is 5.69 Å². The summed E-state index contributed by atoms with van der Waals surface area (Å²) in [6, 6.07) is 5.79. The first kappa shape index (κ1) is 14.3. The molecule has 20 heavy (non-hydrogen) atoms. The molecule has 0 aliphatic carbocycles. The van der Waals surface area contributed by atoms with Gasteiger partial charge in [-0.25, -0.2) is 0 Å². The summed E-state index contributed by atoms with van der Waals surface area (Å²) in [4.78, 5) is 25.7. The zero-order chi connectivity index (χ0) is 14.9. The highest BCUT2D eigenvalue weighted by Crippen LogP contribution is 2.32. The van der Waals surface area contributed by atoms with E-state index < -0.39 is 5.54 Å². The van der Waals surface area contributed by atoms with E-state index in [1.807, 2.05) is 32.0 Å². The lowest BCUT2D eigenvalue weighted by Crippen LogP contribution is -2.65. The molecule has 1 fully saturated rings. The fourth-order valence-corrected chi connectivity index (χ4v) is 2.40. The Morgan fingerprint density at radius 2 is 2.10 bits per heavy atom. The summed E-state index contributed by atoms with van der Waals surface area (Å²) >= 11 is 0. The van der Waals surface area contributed by atoms with E-state index in [1.54, 1.807) is 11.8 Å². The van der Waals surface area contributed by atoms with Crippen LogP contribution in [-0.2, 0) is 9.59 Å². The Balaban J connectivity index is 2.18. The molecule has 1 aliphatic heterocycles. The summed E-state index contributed by atoms with van der Waals surface area (Å²) in [7, 11) is 0. The van der Waals surface area contributed by atoms with Crippen molar-refractivity contribution in [2.75, 3.05) is 11.9 Å². The van der Waals surface area contributed by atoms with Gasteiger partial charge >= 0.3 is 0 Å². The molecule has 0 spiro atoms. The summed E-state index contributed by atoms with van der Waals surface area (Å²) < 4.78 is 0. The average Bonchev–Trinajstić information content (AvgIpc) is 2.41. The number of nitrogens with one attached hydrogen (secondary N) is 1. The Morgan fingerprint density at radius 3 is 2.65 bits per heavy atom. The van der Waals surface area contributed by atoms with E-state index in [4.69, 9.17) is 0 Å². The molecule has 1 heterocycles. The third-order valence-electron chi connectivity index (χ3n) is 4.20. The quantitative estimate of drug-likeness (QED) is 0.859. The van der Waals surface area contributed by atoms with Crippen LogP contribution >= 0.6 is 0 Å². The van der Waals surface area contributed by atoms with Crippen LogP contribution < -0.4 is 5.32 Å². The van der Waals surface area contributed by atoms with Crippen LogP contribution in [0.15, 0.2) is 30.9 Å². The molecule has 1 aliphatic rings. The van der Waals surface area contributed by atoms with E-state index in [-0.39, 0.29) is 11.8 Å². The molecule has 2 rings (SSSR count). The van der Waals surface area contributed by atoms with E-state index in [0.29, 0.717) is 13.0 Å². The van der Waals surface area contributed by atoms with Gasteiger partial charge in [0.05, 0.1) is 0 Å². The van der Waals surface area contributed by atoms with Gasteiger partial charge in [-0.15, -0.1) is 0 Å². The second-order valence-electron chi connectivity index (χ2n) is 5.42. The van der Waals surface area contributed by atoms with E-state index in [1.165, 1.54) is 6.08 Å². The molecule has 2 amide bonds. The Labute approximate surface area is 119 Å². The van der Waals surface area contributed by atoms with Crippen LogP contribution in [-0.4, -0.2) is 28.8 Å². The van der Waals surface area contributed by atoms with Gasteiger partial charge in [-0.3, -0.25) is 9.59 Å². The van der Waals surface area contributed by atoms with Crippen molar-refractivity contribution in [2.45, 2.75) is 32.7 Å². The van der Waals surface area contributed by atoms with Gasteiger partial charge in [0.1, 0.15) is 5.54 Å². The van der Waals surface area contributed by atoms with Crippen molar-refractivity contribution in [2.24, 2.45) is 0 Å². The molecule has 4 heteroatoms. The minimum absolute atomic E-state index is 0.146. The SMILES string of the molecule is C=CC(=O)N1CCC1(C)C(=O)Nc1cccc(C)c1C. The maximum atomic E-state index is 12.5. The number of amides is 2.